The fourth-order valence-corrected chi connectivity index (χ4v) is 4.45. The van der Waals surface area contributed by atoms with Crippen LogP contribution in [0, 0.1) is 0 Å². The molecule has 0 radical (unpaired) electrons. The van der Waals surface area contributed by atoms with Crippen molar-refractivity contribution in [1.82, 2.24) is 10.2 Å². The Morgan fingerprint density at radius 3 is 2.52 bits per heavy atom. The molecule has 3 N–H and O–H groups in total. The van der Waals surface area contributed by atoms with Gasteiger partial charge in [-0.2, -0.15) is 0 Å². The molecule has 4 rings (SSSR count). The molecule has 2 aliphatic rings. The van der Waals surface area contributed by atoms with E-state index in [0.29, 0.717) is 22.0 Å². The average molecular weight is 496 g/mol. The Kier molecular flexibility index (Phi) is 9.55. The second-order valence-electron chi connectivity index (χ2n) is 8.28. The van der Waals surface area contributed by atoms with Crippen LogP contribution in [0.4, 0.5) is 5.69 Å². The van der Waals surface area contributed by atoms with Crippen LogP contribution in [0.5, 0.6) is 5.75 Å². The molecule has 2 heterocycles. The number of hydrogen-bond donors (Lipinski definition) is 1. The summed E-state index contributed by atoms with van der Waals surface area (Å²) in [5.41, 5.74) is 2.25. The van der Waals surface area contributed by atoms with Crippen molar-refractivity contribution in [2.75, 3.05) is 31.6 Å². The summed E-state index contributed by atoms with van der Waals surface area (Å²) in [6.45, 7) is 4.62. The fourth-order valence-electron chi connectivity index (χ4n) is 4.24. The summed E-state index contributed by atoms with van der Waals surface area (Å²) in [4.78, 5) is 29.2. The van der Waals surface area contributed by atoms with Crippen LogP contribution in [0.15, 0.2) is 42.5 Å². The van der Waals surface area contributed by atoms with Crippen molar-refractivity contribution in [2.45, 2.75) is 38.3 Å². The molecule has 2 amide bonds. The fraction of sp³-hybridized carbons (Fsp3) is 0.417. The molecule has 0 aliphatic carbocycles. The van der Waals surface area contributed by atoms with E-state index in [1.54, 1.807) is 26.1 Å². The number of ether oxygens (including phenoxy) is 1. The number of benzene rings is 2. The number of amides is 2. The molecule has 0 bridgehead atoms. The minimum absolute atomic E-state index is 0. The van der Waals surface area contributed by atoms with E-state index in [-0.39, 0.29) is 35.7 Å². The third kappa shape index (κ3) is 6.18. The van der Waals surface area contributed by atoms with Crippen molar-refractivity contribution >= 4 is 41.5 Å². The molecule has 1 unspecified atom stereocenters. The Hall–Kier alpha value is -2.32. The monoisotopic (exact) mass is 495 g/mol. The Labute approximate surface area is 205 Å². The first kappa shape index (κ1) is 26.9. The van der Waals surface area contributed by atoms with Crippen LogP contribution < -0.4 is 15.0 Å². The van der Waals surface area contributed by atoms with Crippen molar-refractivity contribution in [1.29, 1.82) is 0 Å². The number of nitrogens with zero attached hydrogens (tertiary/aromatic N) is 2. The van der Waals surface area contributed by atoms with E-state index in [1.807, 2.05) is 6.07 Å². The van der Waals surface area contributed by atoms with E-state index in [0.717, 1.165) is 38.9 Å². The number of hydrogen-bond acceptors (Lipinski definition) is 4. The number of carbonyl (C=O) groups excluding carboxylic acids is 2. The Balaban J connectivity index is 0.00000193. The van der Waals surface area contributed by atoms with Gasteiger partial charge in [-0.1, -0.05) is 41.9 Å². The molecule has 0 aromatic heterocycles. The van der Waals surface area contributed by atoms with Gasteiger partial charge in [-0.15, -0.1) is 12.4 Å². The van der Waals surface area contributed by atoms with Crippen molar-refractivity contribution < 1.29 is 19.8 Å². The maximum atomic E-state index is 13.1. The van der Waals surface area contributed by atoms with Gasteiger partial charge in [0.25, 0.3) is 11.8 Å². The van der Waals surface area contributed by atoms with Crippen molar-refractivity contribution in [3.05, 3.63) is 58.6 Å². The molecule has 1 saturated heterocycles. The summed E-state index contributed by atoms with van der Waals surface area (Å²) < 4.78 is 5.78. The molecule has 1 fully saturated rings. The first-order valence-electron chi connectivity index (χ1n) is 10.8. The van der Waals surface area contributed by atoms with Crippen molar-refractivity contribution in [2.24, 2.45) is 0 Å². The van der Waals surface area contributed by atoms with Gasteiger partial charge in [0.2, 0.25) is 0 Å². The van der Waals surface area contributed by atoms with E-state index >= 15 is 0 Å². The number of anilines is 1. The van der Waals surface area contributed by atoms with Crippen molar-refractivity contribution in [3.63, 3.8) is 0 Å². The van der Waals surface area contributed by atoms with Gasteiger partial charge in [-0.05, 0) is 43.9 Å². The van der Waals surface area contributed by atoms with Crippen LogP contribution in [0.2, 0.25) is 5.02 Å². The maximum absolute atomic E-state index is 13.1. The number of carbonyl (C=O) groups is 2. The lowest BCUT2D eigenvalue weighted by Crippen LogP contribution is -2.46. The normalized spacial score (nSPS) is 18.5. The summed E-state index contributed by atoms with van der Waals surface area (Å²) in [6.07, 6.45) is 2.20. The highest BCUT2D eigenvalue weighted by atomic mass is 35.5. The molecular weight excluding hydrogens is 465 g/mol. The van der Waals surface area contributed by atoms with Gasteiger partial charge >= 0.3 is 0 Å². The van der Waals surface area contributed by atoms with Gasteiger partial charge in [-0.3, -0.25) is 9.59 Å². The first-order valence-corrected chi connectivity index (χ1v) is 11.1. The second-order valence-corrected chi connectivity index (χ2v) is 8.72. The predicted octanol–water partition coefficient (Wildman–Crippen LogP) is 3.12. The van der Waals surface area contributed by atoms with E-state index in [4.69, 9.17) is 16.3 Å². The molecule has 2 aliphatic heterocycles. The van der Waals surface area contributed by atoms with Gasteiger partial charge in [0, 0.05) is 37.7 Å². The zero-order valence-corrected chi connectivity index (χ0v) is 20.4. The number of nitrogens with one attached hydrogen (secondary N) is 1. The number of piperidine rings is 1. The van der Waals surface area contributed by atoms with Crippen LogP contribution in [0.3, 0.4) is 0 Å². The zero-order valence-electron chi connectivity index (χ0n) is 18.8. The van der Waals surface area contributed by atoms with E-state index < -0.39 is 6.10 Å². The summed E-state index contributed by atoms with van der Waals surface area (Å²) in [7, 11) is 1.67. The largest absolute Gasteiger partial charge is 0.478 e. The third-order valence-corrected chi connectivity index (χ3v) is 6.31. The topological polar surface area (TPSA) is 93.4 Å². The molecule has 2 aromatic carbocycles. The number of halogens is 2. The third-order valence-electron chi connectivity index (χ3n) is 6.10. The van der Waals surface area contributed by atoms with E-state index in [2.05, 4.69) is 34.5 Å². The molecular formula is C24H31Cl2N3O4. The molecule has 9 heteroatoms. The minimum atomic E-state index is -0.641. The van der Waals surface area contributed by atoms with Crippen LogP contribution in [0.25, 0.3) is 0 Å². The van der Waals surface area contributed by atoms with Gasteiger partial charge in [-0.25, -0.2) is 0 Å². The highest BCUT2D eigenvalue weighted by Crippen LogP contribution is 2.39. The molecule has 0 saturated carbocycles. The van der Waals surface area contributed by atoms with Crippen LogP contribution in [-0.4, -0.2) is 61.0 Å². The maximum Gasteiger partial charge on any atom is 0.267 e. The summed E-state index contributed by atoms with van der Waals surface area (Å²) in [6, 6.07) is 13.9. The number of likely N-dealkylation sites (tertiary alicyclic amines) is 1. The Bertz CT molecular complexity index is 966. The Morgan fingerprint density at radius 1 is 1.18 bits per heavy atom. The number of rotatable bonds is 5. The van der Waals surface area contributed by atoms with E-state index in [1.165, 1.54) is 10.5 Å². The minimum Gasteiger partial charge on any atom is -0.478 e. The molecule has 180 valence electrons. The summed E-state index contributed by atoms with van der Waals surface area (Å²) >= 11 is 6.24. The van der Waals surface area contributed by atoms with Crippen LogP contribution in [0.1, 0.15) is 35.7 Å². The highest BCUT2D eigenvalue weighted by molar-refractivity contribution is 6.31. The zero-order chi connectivity index (χ0) is 22.0. The van der Waals surface area contributed by atoms with Crippen LogP contribution in [-0.2, 0) is 11.2 Å². The molecule has 1 atom stereocenters. The molecule has 0 spiro atoms. The number of fused-ring (bicyclic) bond motifs is 1. The summed E-state index contributed by atoms with van der Waals surface area (Å²) in [5, 5.41) is 3.54. The summed E-state index contributed by atoms with van der Waals surface area (Å²) in [5.74, 6) is 0.0391. The van der Waals surface area contributed by atoms with Gasteiger partial charge in [0.1, 0.15) is 0 Å². The van der Waals surface area contributed by atoms with E-state index in [9.17, 15) is 9.59 Å². The number of likely N-dealkylation sites (N-methyl/N-ethyl adjacent to an activating group) is 1. The Morgan fingerprint density at radius 2 is 1.85 bits per heavy atom. The average Bonchev–Trinajstić information content (AvgIpc) is 2.78. The predicted molar refractivity (Wildman–Crippen MR) is 133 cm³/mol. The SMILES string of the molecule is CC1Oc2c(C(=O)NC3CCN(CCc4ccccc4)CC3)cc(Cl)cc2N(C)C1=O.Cl.O. The standard InChI is InChI=1S/C24H28ClN3O3.ClH.H2O/c1-16-24(30)27(2)21-15-18(25)14-20(22(21)31-16)23(29)26-19-9-12-28(13-10-19)11-8-17-6-4-3-5-7-17;;/h3-7,14-16,19H,8-13H2,1-2H3,(H,26,29);1H;1H2. The quantitative estimate of drug-likeness (QED) is 0.689. The highest BCUT2D eigenvalue weighted by Gasteiger charge is 2.33. The smallest absolute Gasteiger partial charge is 0.267 e. The molecule has 33 heavy (non-hydrogen) atoms. The lowest BCUT2D eigenvalue weighted by molar-refractivity contribution is -0.125. The van der Waals surface area contributed by atoms with Gasteiger partial charge < -0.3 is 25.3 Å². The van der Waals surface area contributed by atoms with Crippen molar-refractivity contribution in [3.8, 4) is 5.75 Å². The van der Waals surface area contributed by atoms with Gasteiger partial charge in [0.15, 0.2) is 11.9 Å². The van der Waals surface area contributed by atoms with Crippen LogP contribution >= 0.6 is 24.0 Å². The lowest BCUT2D eigenvalue weighted by atomic mass is 10.0. The van der Waals surface area contributed by atoms with Gasteiger partial charge in [0.05, 0.1) is 11.3 Å². The first-order chi connectivity index (χ1) is 14.9. The second kappa shape index (κ2) is 11.7. The molecule has 7 nitrogen and oxygen atoms in total. The lowest BCUT2D eigenvalue weighted by Gasteiger charge is -2.33. The molecule has 2 aromatic rings.